The Balaban J connectivity index is 0.00000210. The van der Waals surface area contributed by atoms with Crippen LogP contribution in [0.2, 0.25) is 0 Å². The van der Waals surface area contributed by atoms with Crippen molar-refractivity contribution in [3.8, 4) is 17.3 Å². The number of likely N-dealkylation sites (tertiary alicyclic amines) is 1. The lowest BCUT2D eigenvalue weighted by Crippen LogP contribution is -2.64. The first-order valence-corrected chi connectivity index (χ1v) is 9.53. The van der Waals surface area contributed by atoms with Crippen molar-refractivity contribution in [1.82, 2.24) is 29.6 Å². The number of hydrogen-bond donors (Lipinski definition) is 1. The third-order valence-corrected chi connectivity index (χ3v) is 5.23. The molecule has 0 saturated carbocycles. The predicted octanol–water partition coefficient (Wildman–Crippen LogP) is 2.06. The van der Waals surface area contributed by atoms with Crippen LogP contribution in [-0.4, -0.2) is 60.6 Å². The third kappa shape index (κ3) is 3.26. The normalized spacial score (nSPS) is 15.0. The molecule has 8 nitrogen and oxygen atoms in total. The molecule has 0 aliphatic carbocycles. The van der Waals surface area contributed by atoms with Crippen molar-refractivity contribution < 1.29 is 4.79 Å². The van der Waals surface area contributed by atoms with Gasteiger partial charge in [0.2, 0.25) is 5.91 Å². The molecule has 1 N–H and O–H groups in total. The van der Waals surface area contributed by atoms with Gasteiger partial charge in [-0.2, -0.15) is 22.1 Å². The van der Waals surface area contributed by atoms with Crippen LogP contribution in [0.15, 0.2) is 31.0 Å². The Hall–Kier alpha value is -2.57. The number of hydrogen-bond acceptors (Lipinski definition) is 6. The van der Waals surface area contributed by atoms with Gasteiger partial charge in [-0.15, -0.1) is 12.4 Å². The molecule has 0 unspecified atom stereocenters. The summed E-state index contributed by atoms with van der Waals surface area (Å²) in [4.78, 5) is 25.5. The van der Waals surface area contributed by atoms with E-state index >= 15 is 0 Å². The Bertz CT molecular complexity index is 1000. The topological polar surface area (TPSA) is 103 Å². The van der Waals surface area contributed by atoms with Crippen LogP contribution in [-0.2, 0) is 10.3 Å². The molecule has 3 aromatic rings. The summed E-state index contributed by atoms with van der Waals surface area (Å²) >= 11 is 1.50. The first-order chi connectivity index (χ1) is 12.7. The second kappa shape index (κ2) is 7.58. The SMILES string of the molecule is CSCC(=O)N1CC(CC#N)(n2cc(-c3ncnc4[nH]ccc34)cn2)C1.Cl. The zero-order chi connectivity index (χ0) is 18.1. The zero-order valence-corrected chi connectivity index (χ0v) is 16.3. The number of carbonyl (C=O) groups is 1. The van der Waals surface area contributed by atoms with E-state index in [4.69, 9.17) is 0 Å². The van der Waals surface area contributed by atoms with Crippen molar-refractivity contribution in [3.05, 3.63) is 31.0 Å². The van der Waals surface area contributed by atoms with Crippen molar-refractivity contribution in [3.63, 3.8) is 0 Å². The van der Waals surface area contributed by atoms with Gasteiger partial charge in [0, 0.05) is 36.4 Å². The number of aromatic nitrogens is 5. The van der Waals surface area contributed by atoms with E-state index in [9.17, 15) is 10.1 Å². The molecular weight excluding hydrogens is 386 g/mol. The van der Waals surface area contributed by atoms with Gasteiger partial charge in [0.05, 0.1) is 30.1 Å². The highest BCUT2D eigenvalue weighted by atomic mass is 35.5. The fraction of sp³-hybridized carbons (Fsp3) is 0.353. The van der Waals surface area contributed by atoms with Crippen molar-refractivity contribution in [2.24, 2.45) is 0 Å². The number of H-pyrrole nitrogens is 1. The van der Waals surface area contributed by atoms with E-state index in [2.05, 4.69) is 26.1 Å². The fourth-order valence-corrected chi connectivity index (χ4v) is 3.78. The summed E-state index contributed by atoms with van der Waals surface area (Å²) in [7, 11) is 0. The summed E-state index contributed by atoms with van der Waals surface area (Å²) in [6, 6.07) is 4.17. The minimum absolute atomic E-state index is 0. The van der Waals surface area contributed by atoms with Gasteiger partial charge in [0.25, 0.3) is 0 Å². The van der Waals surface area contributed by atoms with Gasteiger partial charge >= 0.3 is 0 Å². The number of nitrogens with one attached hydrogen (secondary N) is 1. The van der Waals surface area contributed by atoms with Crippen LogP contribution in [0.5, 0.6) is 0 Å². The summed E-state index contributed by atoms with van der Waals surface area (Å²) < 4.78 is 1.81. The Morgan fingerprint density at radius 1 is 1.44 bits per heavy atom. The number of amides is 1. The van der Waals surface area contributed by atoms with Gasteiger partial charge in [0.15, 0.2) is 0 Å². The molecule has 1 fully saturated rings. The number of rotatable bonds is 5. The van der Waals surface area contributed by atoms with E-state index < -0.39 is 5.54 Å². The molecule has 27 heavy (non-hydrogen) atoms. The molecule has 3 aromatic heterocycles. The number of fused-ring (bicyclic) bond motifs is 1. The molecular formula is C17H18ClN7OS. The van der Waals surface area contributed by atoms with Gasteiger partial charge in [0.1, 0.15) is 17.5 Å². The van der Waals surface area contributed by atoms with Gasteiger partial charge in [-0.05, 0) is 12.3 Å². The highest BCUT2D eigenvalue weighted by Gasteiger charge is 2.47. The molecule has 140 valence electrons. The van der Waals surface area contributed by atoms with Crippen LogP contribution in [0.25, 0.3) is 22.3 Å². The Kier molecular flexibility index (Phi) is 5.39. The quantitative estimate of drug-likeness (QED) is 0.699. The molecule has 1 aliphatic heterocycles. The number of carbonyl (C=O) groups excluding carboxylic acids is 1. The van der Waals surface area contributed by atoms with E-state index in [-0.39, 0.29) is 18.3 Å². The molecule has 4 rings (SSSR count). The minimum Gasteiger partial charge on any atom is -0.346 e. The summed E-state index contributed by atoms with van der Waals surface area (Å²) in [5, 5.41) is 14.7. The summed E-state index contributed by atoms with van der Waals surface area (Å²) in [5.74, 6) is 0.558. The van der Waals surface area contributed by atoms with Crippen LogP contribution in [0, 0.1) is 11.3 Å². The second-order valence-corrected chi connectivity index (χ2v) is 7.24. The van der Waals surface area contributed by atoms with Crippen LogP contribution >= 0.6 is 24.2 Å². The second-order valence-electron chi connectivity index (χ2n) is 6.38. The Morgan fingerprint density at radius 2 is 2.26 bits per heavy atom. The van der Waals surface area contributed by atoms with Crippen molar-refractivity contribution in [1.29, 1.82) is 5.26 Å². The Morgan fingerprint density at radius 3 is 3.00 bits per heavy atom. The highest BCUT2D eigenvalue weighted by molar-refractivity contribution is 7.99. The maximum atomic E-state index is 12.1. The first kappa shape index (κ1) is 19.2. The summed E-state index contributed by atoms with van der Waals surface area (Å²) in [6.45, 7) is 1.01. The molecule has 10 heteroatoms. The fourth-order valence-electron chi connectivity index (χ4n) is 3.35. The van der Waals surface area contributed by atoms with Crippen LogP contribution < -0.4 is 0 Å². The first-order valence-electron chi connectivity index (χ1n) is 8.14. The van der Waals surface area contributed by atoms with Crippen molar-refractivity contribution in [2.45, 2.75) is 12.0 Å². The summed E-state index contributed by atoms with van der Waals surface area (Å²) in [6.07, 6.45) is 9.21. The average Bonchev–Trinajstić information content (AvgIpc) is 3.26. The molecule has 0 aromatic carbocycles. The van der Waals surface area contributed by atoms with Crippen LogP contribution in [0.3, 0.4) is 0 Å². The molecule has 0 bridgehead atoms. The molecule has 0 atom stereocenters. The van der Waals surface area contributed by atoms with E-state index in [1.54, 1.807) is 11.1 Å². The lowest BCUT2D eigenvalue weighted by atomic mass is 9.87. The highest BCUT2D eigenvalue weighted by Crippen LogP contribution is 2.34. The number of nitrogens with zero attached hydrogens (tertiary/aromatic N) is 6. The standard InChI is InChI=1S/C17H17N7OS.ClH/c1-26-8-14(25)23-9-17(10-23,3-4-18)24-7-12(6-22-24)15-13-2-5-19-16(13)21-11-20-15;/h2,5-7,11H,3,8-10H2,1H3,(H,19,20,21);1H. The maximum Gasteiger partial charge on any atom is 0.232 e. The van der Waals surface area contributed by atoms with E-state index in [1.165, 1.54) is 18.1 Å². The smallest absolute Gasteiger partial charge is 0.232 e. The average molecular weight is 404 g/mol. The minimum atomic E-state index is -0.467. The third-order valence-electron chi connectivity index (χ3n) is 4.69. The lowest BCUT2D eigenvalue weighted by molar-refractivity contribution is -0.139. The lowest BCUT2D eigenvalue weighted by Gasteiger charge is -2.49. The number of halogens is 1. The number of nitriles is 1. The van der Waals surface area contributed by atoms with Crippen molar-refractivity contribution in [2.75, 3.05) is 25.1 Å². The van der Waals surface area contributed by atoms with E-state index in [0.717, 1.165) is 22.3 Å². The summed E-state index contributed by atoms with van der Waals surface area (Å²) in [5.41, 5.74) is 1.96. The maximum absolute atomic E-state index is 12.1. The monoisotopic (exact) mass is 403 g/mol. The Labute approximate surface area is 166 Å². The van der Waals surface area contributed by atoms with Crippen molar-refractivity contribution >= 4 is 41.1 Å². The van der Waals surface area contributed by atoms with E-state index in [0.29, 0.717) is 25.3 Å². The zero-order valence-electron chi connectivity index (χ0n) is 14.6. The van der Waals surface area contributed by atoms with Gasteiger partial charge in [-0.25, -0.2) is 9.97 Å². The van der Waals surface area contributed by atoms with Crippen LogP contribution in [0.4, 0.5) is 0 Å². The predicted molar refractivity (Wildman–Crippen MR) is 106 cm³/mol. The molecule has 1 saturated heterocycles. The molecule has 1 aliphatic rings. The number of aromatic amines is 1. The van der Waals surface area contributed by atoms with Gasteiger partial charge in [-0.1, -0.05) is 0 Å². The largest absolute Gasteiger partial charge is 0.346 e. The van der Waals surface area contributed by atoms with Gasteiger partial charge in [-0.3, -0.25) is 9.48 Å². The number of thioether (sulfide) groups is 1. The van der Waals surface area contributed by atoms with E-state index in [1.807, 2.05) is 29.4 Å². The molecule has 0 radical (unpaired) electrons. The van der Waals surface area contributed by atoms with Crippen LogP contribution in [0.1, 0.15) is 6.42 Å². The van der Waals surface area contributed by atoms with Gasteiger partial charge < -0.3 is 9.88 Å². The molecule has 0 spiro atoms. The molecule has 1 amide bonds. The molecule has 4 heterocycles.